The van der Waals surface area contributed by atoms with Crippen LogP contribution in [0.15, 0.2) is 41.6 Å². The first-order valence-corrected chi connectivity index (χ1v) is 9.89. The molecular formula is C19H21ClN6OS. The fraction of sp³-hybridized carbons (Fsp3) is 0.316. The molecule has 1 saturated heterocycles. The van der Waals surface area contributed by atoms with E-state index in [0.717, 1.165) is 37.6 Å². The number of piperazine rings is 1. The van der Waals surface area contributed by atoms with Gasteiger partial charge in [0.25, 0.3) is 0 Å². The number of nitrogens with two attached hydrogens (primary N) is 1. The van der Waals surface area contributed by atoms with Crippen LogP contribution in [0.2, 0.25) is 5.02 Å². The van der Waals surface area contributed by atoms with Gasteiger partial charge in [0.05, 0.1) is 17.3 Å². The molecule has 9 heteroatoms. The van der Waals surface area contributed by atoms with Crippen molar-refractivity contribution in [3.8, 4) is 5.75 Å². The van der Waals surface area contributed by atoms with E-state index in [4.69, 9.17) is 34.3 Å². The number of hydrazone groups is 1. The third-order valence-corrected chi connectivity index (χ3v) is 5.36. The van der Waals surface area contributed by atoms with Crippen LogP contribution < -0.4 is 20.8 Å². The molecule has 2 aromatic rings. The maximum atomic E-state index is 5.98. The van der Waals surface area contributed by atoms with Gasteiger partial charge >= 0.3 is 0 Å². The number of benzene rings is 1. The molecular weight excluding hydrogens is 396 g/mol. The maximum absolute atomic E-state index is 5.98. The second-order valence-electron chi connectivity index (χ2n) is 6.64. The highest BCUT2D eigenvalue weighted by Gasteiger charge is 2.21. The lowest BCUT2D eigenvalue weighted by Gasteiger charge is -2.37. The van der Waals surface area contributed by atoms with Crippen molar-refractivity contribution < 1.29 is 4.74 Å². The number of hydrogen-bond donors (Lipinski definition) is 2. The summed E-state index contributed by atoms with van der Waals surface area (Å²) in [5, 5.41) is 5.65. The Kier molecular flexibility index (Phi) is 5.50. The van der Waals surface area contributed by atoms with E-state index in [1.165, 1.54) is 5.69 Å². The first-order chi connectivity index (χ1) is 13.6. The van der Waals surface area contributed by atoms with E-state index in [0.29, 0.717) is 34.6 Å². The van der Waals surface area contributed by atoms with E-state index in [9.17, 15) is 0 Å². The second-order valence-corrected chi connectivity index (χ2v) is 7.46. The fourth-order valence-corrected chi connectivity index (χ4v) is 3.65. The van der Waals surface area contributed by atoms with Gasteiger partial charge in [0.2, 0.25) is 0 Å². The Morgan fingerprint density at radius 2 is 1.96 bits per heavy atom. The minimum absolute atomic E-state index is 0.544. The number of nitrogen functional groups attached to an aromatic ring is 1. The van der Waals surface area contributed by atoms with E-state index in [2.05, 4.69) is 37.4 Å². The molecule has 0 spiro atoms. The maximum Gasteiger partial charge on any atom is 0.189 e. The fourth-order valence-electron chi connectivity index (χ4n) is 3.27. The Labute approximate surface area is 174 Å². The summed E-state index contributed by atoms with van der Waals surface area (Å²) < 4.78 is 5.61. The zero-order chi connectivity index (χ0) is 19.5. The van der Waals surface area contributed by atoms with Gasteiger partial charge in [-0.15, -0.1) is 0 Å². The van der Waals surface area contributed by atoms with Crippen LogP contribution in [0.4, 0.5) is 11.4 Å². The van der Waals surface area contributed by atoms with E-state index >= 15 is 0 Å². The largest absolute Gasteiger partial charge is 0.491 e. The van der Waals surface area contributed by atoms with Gasteiger partial charge in [0.1, 0.15) is 11.4 Å². The first-order valence-electron chi connectivity index (χ1n) is 9.11. The number of nitrogens with one attached hydrogen (secondary N) is 1. The van der Waals surface area contributed by atoms with Gasteiger partial charge in [-0.25, -0.2) is 4.98 Å². The Bertz CT molecular complexity index is 896. The molecule has 146 valence electrons. The van der Waals surface area contributed by atoms with Crippen LogP contribution in [0.3, 0.4) is 0 Å². The van der Waals surface area contributed by atoms with Crippen LogP contribution in [0, 0.1) is 0 Å². The standard InChI is InChI=1S/C19H21ClN6OS/c20-13-11-17-18(22-12-13)16(5-10-27-17)23-24-19(28)26-8-6-25(7-9-26)15-3-1-14(21)2-4-15/h1-4,11-12H,5-10,21H2,(H,24,28)/b23-16-. The highest BCUT2D eigenvalue weighted by atomic mass is 35.5. The second kappa shape index (κ2) is 8.20. The molecule has 0 bridgehead atoms. The van der Waals surface area contributed by atoms with Gasteiger partial charge in [-0.05, 0) is 36.5 Å². The number of pyridine rings is 1. The molecule has 2 aliphatic rings. The zero-order valence-electron chi connectivity index (χ0n) is 15.3. The molecule has 7 nitrogen and oxygen atoms in total. The lowest BCUT2D eigenvalue weighted by Crippen LogP contribution is -2.51. The highest BCUT2D eigenvalue weighted by molar-refractivity contribution is 7.80. The van der Waals surface area contributed by atoms with Crippen LogP contribution in [0.25, 0.3) is 0 Å². The number of fused-ring (bicyclic) bond motifs is 1. The van der Waals surface area contributed by atoms with Crippen LogP contribution in [0.1, 0.15) is 12.1 Å². The molecule has 0 aliphatic carbocycles. The van der Waals surface area contributed by atoms with Gasteiger partial charge in [0.15, 0.2) is 5.11 Å². The molecule has 0 radical (unpaired) electrons. The average Bonchev–Trinajstić information content (AvgIpc) is 2.72. The molecule has 0 amide bonds. The Balaban J connectivity index is 1.35. The summed E-state index contributed by atoms with van der Waals surface area (Å²) >= 11 is 11.5. The number of thiocarbonyl (C=S) groups is 1. The quantitative estimate of drug-likeness (QED) is 0.442. The van der Waals surface area contributed by atoms with E-state index in [1.807, 2.05) is 12.1 Å². The minimum atomic E-state index is 0.544. The van der Waals surface area contributed by atoms with Crippen molar-refractivity contribution in [1.29, 1.82) is 0 Å². The van der Waals surface area contributed by atoms with Crippen molar-refractivity contribution in [2.24, 2.45) is 5.10 Å². The molecule has 0 unspecified atom stereocenters. The molecule has 3 N–H and O–H groups in total. The third kappa shape index (κ3) is 4.13. The summed E-state index contributed by atoms with van der Waals surface area (Å²) in [6.07, 6.45) is 2.27. The molecule has 1 fully saturated rings. The van der Waals surface area contributed by atoms with Crippen molar-refractivity contribution in [3.05, 3.63) is 47.2 Å². The summed E-state index contributed by atoms with van der Waals surface area (Å²) in [6.45, 7) is 3.98. The number of nitrogens with zero attached hydrogens (tertiary/aromatic N) is 4. The highest BCUT2D eigenvalue weighted by Crippen LogP contribution is 2.26. The monoisotopic (exact) mass is 416 g/mol. The molecule has 4 rings (SSSR count). The lowest BCUT2D eigenvalue weighted by atomic mass is 10.1. The van der Waals surface area contributed by atoms with Crippen molar-refractivity contribution in [3.63, 3.8) is 0 Å². The summed E-state index contributed by atoms with van der Waals surface area (Å²) in [7, 11) is 0. The van der Waals surface area contributed by atoms with Crippen molar-refractivity contribution >= 4 is 46.0 Å². The molecule has 3 heterocycles. The van der Waals surface area contributed by atoms with Gasteiger partial charge in [-0.2, -0.15) is 5.10 Å². The van der Waals surface area contributed by atoms with Crippen LogP contribution >= 0.6 is 23.8 Å². The van der Waals surface area contributed by atoms with Crippen molar-refractivity contribution in [2.45, 2.75) is 6.42 Å². The van der Waals surface area contributed by atoms with Crippen LogP contribution in [-0.4, -0.2) is 53.5 Å². The first kappa shape index (κ1) is 18.8. The smallest absolute Gasteiger partial charge is 0.189 e. The number of aromatic nitrogens is 1. The summed E-state index contributed by atoms with van der Waals surface area (Å²) in [5.74, 6) is 0.655. The molecule has 28 heavy (non-hydrogen) atoms. The predicted octanol–water partition coefficient (Wildman–Crippen LogP) is 2.50. The molecule has 0 atom stereocenters. The van der Waals surface area contributed by atoms with Crippen molar-refractivity contribution in [1.82, 2.24) is 15.3 Å². The van der Waals surface area contributed by atoms with Gasteiger partial charge < -0.3 is 20.3 Å². The number of ether oxygens (including phenoxy) is 1. The molecule has 2 aliphatic heterocycles. The lowest BCUT2D eigenvalue weighted by molar-refractivity contribution is 0.318. The normalized spacial score (nSPS) is 17.8. The number of hydrogen-bond acceptors (Lipinski definition) is 6. The molecule has 1 aromatic heterocycles. The molecule has 0 saturated carbocycles. The van der Waals surface area contributed by atoms with Gasteiger partial charge in [-0.3, -0.25) is 5.43 Å². The zero-order valence-corrected chi connectivity index (χ0v) is 16.8. The van der Waals surface area contributed by atoms with Crippen molar-refractivity contribution in [2.75, 3.05) is 43.4 Å². The SMILES string of the molecule is Nc1ccc(N2CCN(C(=S)N/N=C3/CCOc4cc(Cl)cnc43)CC2)cc1. The van der Waals surface area contributed by atoms with E-state index < -0.39 is 0 Å². The van der Waals surface area contributed by atoms with E-state index in [-0.39, 0.29) is 0 Å². The Hall–Kier alpha value is -2.58. The average molecular weight is 417 g/mol. The minimum Gasteiger partial charge on any atom is -0.491 e. The van der Waals surface area contributed by atoms with Gasteiger partial charge in [-0.1, -0.05) is 11.6 Å². The van der Waals surface area contributed by atoms with E-state index in [1.54, 1.807) is 12.3 Å². The molecule has 1 aromatic carbocycles. The number of halogens is 1. The Morgan fingerprint density at radius 3 is 2.71 bits per heavy atom. The summed E-state index contributed by atoms with van der Waals surface area (Å²) in [4.78, 5) is 8.79. The topological polar surface area (TPSA) is 79.0 Å². The van der Waals surface area contributed by atoms with Crippen LogP contribution in [0.5, 0.6) is 5.75 Å². The number of anilines is 2. The number of rotatable bonds is 2. The third-order valence-electron chi connectivity index (χ3n) is 4.80. The van der Waals surface area contributed by atoms with Gasteiger partial charge in [0, 0.05) is 56.2 Å². The Morgan fingerprint density at radius 1 is 1.21 bits per heavy atom. The summed E-state index contributed by atoms with van der Waals surface area (Å²) in [5.41, 5.74) is 12.3. The van der Waals surface area contributed by atoms with Crippen LogP contribution in [-0.2, 0) is 0 Å². The summed E-state index contributed by atoms with van der Waals surface area (Å²) in [6, 6.07) is 9.71. The predicted molar refractivity (Wildman–Crippen MR) is 116 cm³/mol.